The Balaban J connectivity index is 2.44. The molecule has 2 rings (SSSR count). The number of halogens is 2. The van der Waals surface area contributed by atoms with E-state index in [0.29, 0.717) is 11.3 Å². The van der Waals surface area contributed by atoms with Crippen LogP contribution >= 0.6 is 23.2 Å². The number of rotatable bonds is 3. The van der Waals surface area contributed by atoms with E-state index in [1.165, 1.54) is 18.2 Å². The maximum absolute atomic E-state index is 12.3. The van der Waals surface area contributed by atoms with Gasteiger partial charge in [-0.15, -0.1) is 0 Å². The van der Waals surface area contributed by atoms with Crippen LogP contribution in [-0.2, 0) is 10.0 Å². The lowest BCUT2D eigenvalue weighted by atomic mass is 10.3. The molecule has 0 spiro atoms. The smallest absolute Gasteiger partial charge is 0.262 e. The molecule has 0 aliphatic carbocycles. The minimum Gasteiger partial charge on any atom is -0.399 e. The van der Waals surface area contributed by atoms with Gasteiger partial charge < -0.3 is 5.73 Å². The van der Waals surface area contributed by atoms with E-state index in [-0.39, 0.29) is 20.9 Å². The fourth-order valence-electron chi connectivity index (χ4n) is 1.59. The Morgan fingerprint density at radius 2 is 1.95 bits per heavy atom. The molecule has 2 aromatic rings. The van der Waals surface area contributed by atoms with E-state index in [1.54, 1.807) is 19.1 Å². The lowest BCUT2D eigenvalue weighted by Crippen LogP contribution is -2.14. The lowest BCUT2D eigenvalue weighted by Gasteiger charge is -2.12. The first-order chi connectivity index (χ1) is 9.29. The zero-order valence-corrected chi connectivity index (χ0v) is 12.7. The van der Waals surface area contributed by atoms with Gasteiger partial charge in [0.25, 0.3) is 10.0 Å². The summed E-state index contributed by atoms with van der Waals surface area (Å²) in [6.45, 7) is 1.68. The van der Waals surface area contributed by atoms with Crippen molar-refractivity contribution in [3.8, 4) is 0 Å². The summed E-state index contributed by atoms with van der Waals surface area (Å²) < 4.78 is 26.9. The molecule has 0 aliphatic rings. The average Bonchev–Trinajstić information content (AvgIpc) is 2.34. The predicted octanol–water partition coefficient (Wildman–Crippen LogP) is 3.08. The van der Waals surface area contributed by atoms with Crippen molar-refractivity contribution < 1.29 is 8.42 Å². The molecular weight excluding hydrogens is 321 g/mol. The third-order valence-electron chi connectivity index (χ3n) is 2.55. The molecule has 0 fully saturated rings. The van der Waals surface area contributed by atoms with Gasteiger partial charge in [-0.3, -0.25) is 4.72 Å². The molecule has 1 aromatic carbocycles. The summed E-state index contributed by atoms with van der Waals surface area (Å²) in [4.78, 5) is 3.85. The Labute approximate surface area is 126 Å². The largest absolute Gasteiger partial charge is 0.399 e. The number of aromatic nitrogens is 1. The number of sulfonamides is 1. The molecule has 1 aromatic heterocycles. The first-order valence-electron chi connectivity index (χ1n) is 5.50. The van der Waals surface area contributed by atoms with Crippen LogP contribution in [0.3, 0.4) is 0 Å². The number of anilines is 2. The van der Waals surface area contributed by atoms with Crippen LogP contribution in [0.1, 0.15) is 5.56 Å². The predicted molar refractivity (Wildman–Crippen MR) is 80.7 cm³/mol. The normalized spacial score (nSPS) is 11.3. The maximum atomic E-state index is 12.3. The zero-order valence-electron chi connectivity index (χ0n) is 10.4. The molecule has 3 N–H and O–H groups in total. The van der Waals surface area contributed by atoms with Crippen LogP contribution in [0.25, 0.3) is 0 Å². The second kappa shape index (κ2) is 5.47. The molecule has 106 valence electrons. The van der Waals surface area contributed by atoms with Crippen molar-refractivity contribution in [3.05, 3.63) is 46.2 Å². The number of nitrogens with one attached hydrogen (secondary N) is 1. The second-order valence-corrected chi connectivity index (χ2v) is 6.53. The van der Waals surface area contributed by atoms with Crippen LogP contribution in [0.5, 0.6) is 0 Å². The molecule has 0 bridgehead atoms. The summed E-state index contributed by atoms with van der Waals surface area (Å²) >= 11 is 11.7. The standard InChI is InChI=1S/C12H11Cl2N3O2S/c1-7-5-10(13)16-12(14)11(7)17-20(18,19)9-4-2-3-8(15)6-9/h2-6,17H,15H2,1H3. The number of benzene rings is 1. The highest BCUT2D eigenvalue weighted by Crippen LogP contribution is 2.28. The number of nitrogen functional groups attached to an aromatic ring is 1. The van der Waals surface area contributed by atoms with Gasteiger partial charge in [0.05, 0.1) is 10.6 Å². The summed E-state index contributed by atoms with van der Waals surface area (Å²) in [6.07, 6.45) is 0. The quantitative estimate of drug-likeness (QED) is 0.668. The molecule has 20 heavy (non-hydrogen) atoms. The van der Waals surface area contributed by atoms with Crippen LogP contribution in [0.15, 0.2) is 35.2 Å². The van der Waals surface area contributed by atoms with Crippen molar-refractivity contribution in [2.45, 2.75) is 11.8 Å². The molecule has 0 unspecified atom stereocenters. The van der Waals surface area contributed by atoms with Crippen molar-refractivity contribution in [1.82, 2.24) is 4.98 Å². The molecule has 5 nitrogen and oxygen atoms in total. The molecule has 0 atom stereocenters. The highest BCUT2D eigenvalue weighted by molar-refractivity contribution is 7.92. The molecule has 0 aliphatic heterocycles. The second-order valence-electron chi connectivity index (χ2n) is 4.11. The van der Waals surface area contributed by atoms with Gasteiger partial charge in [-0.05, 0) is 36.8 Å². The Bertz CT molecular complexity index is 740. The molecular formula is C12H11Cl2N3O2S. The van der Waals surface area contributed by atoms with Gasteiger partial charge in [-0.2, -0.15) is 0 Å². The average molecular weight is 332 g/mol. The van der Waals surface area contributed by atoms with Crippen LogP contribution in [0, 0.1) is 6.92 Å². The zero-order chi connectivity index (χ0) is 14.9. The minimum atomic E-state index is -3.79. The van der Waals surface area contributed by atoms with Gasteiger partial charge in [-0.25, -0.2) is 13.4 Å². The van der Waals surface area contributed by atoms with Crippen molar-refractivity contribution in [2.24, 2.45) is 0 Å². The number of hydrogen-bond acceptors (Lipinski definition) is 4. The summed E-state index contributed by atoms with van der Waals surface area (Å²) in [6, 6.07) is 7.46. The van der Waals surface area contributed by atoms with Gasteiger partial charge in [0, 0.05) is 5.69 Å². The van der Waals surface area contributed by atoms with Gasteiger partial charge in [0.2, 0.25) is 0 Å². The summed E-state index contributed by atoms with van der Waals surface area (Å²) in [5.41, 5.74) is 6.70. The molecule has 0 saturated heterocycles. The summed E-state index contributed by atoms with van der Waals surface area (Å²) in [7, 11) is -3.79. The Morgan fingerprint density at radius 1 is 1.25 bits per heavy atom. The number of hydrogen-bond donors (Lipinski definition) is 2. The number of aryl methyl sites for hydroxylation is 1. The van der Waals surface area contributed by atoms with E-state index in [9.17, 15) is 8.42 Å². The lowest BCUT2D eigenvalue weighted by molar-refractivity contribution is 0.601. The van der Waals surface area contributed by atoms with Crippen molar-refractivity contribution in [1.29, 1.82) is 0 Å². The summed E-state index contributed by atoms with van der Waals surface area (Å²) in [5.74, 6) is 0. The fraction of sp³-hybridized carbons (Fsp3) is 0.0833. The van der Waals surface area contributed by atoms with E-state index < -0.39 is 10.0 Å². The SMILES string of the molecule is Cc1cc(Cl)nc(Cl)c1NS(=O)(=O)c1cccc(N)c1. The van der Waals surface area contributed by atoms with Crippen LogP contribution in [0.4, 0.5) is 11.4 Å². The van der Waals surface area contributed by atoms with Gasteiger partial charge in [0.1, 0.15) is 5.15 Å². The Morgan fingerprint density at radius 3 is 2.55 bits per heavy atom. The van der Waals surface area contributed by atoms with Gasteiger partial charge in [-0.1, -0.05) is 29.3 Å². The number of nitrogens with zero attached hydrogens (tertiary/aromatic N) is 1. The minimum absolute atomic E-state index is 0.0116. The van der Waals surface area contributed by atoms with E-state index in [0.717, 1.165) is 0 Å². The van der Waals surface area contributed by atoms with Crippen molar-refractivity contribution in [2.75, 3.05) is 10.5 Å². The molecule has 0 amide bonds. The first-order valence-corrected chi connectivity index (χ1v) is 7.74. The molecule has 8 heteroatoms. The van der Waals surface area contributed by atoms with E-state index in [2.05, 4.69) is 9.71 Å². The van der Waals surface area contributed by atoms with Gasteiger partial charge in [0.15, 0.2) is 5.15 Å². The first kappa shape index (κ1) is 14.9. The third kappa shape index (κ3) is 3.15. The van der Waals surface area contributed by atoms with Crippen LogP contribution in [-0.4, -0.2) is 13.4 Å². The molecule has 1 heterocycles. The van der Waals surface area contributed by atoms with Crippen LogP contribution in [0.2, 0.25) is 10.3 Å². The van der Waals surface area contributed by atoms with Crippen LogP contribution < -0.4 is 10.5 Å². The highest BCUT2D eigenvalue weighted by Gasteiger charge is 2.18. The molecule has 0 saturated carbocycles. The highest BCUT2D eigenvalue weighted by atomic mass is 35.5. The van der Waals surface area contributed by atoms with E-state index in [4.69, 9.17) is 28.9 Å². The van der Waals surface area contributed by atoms with E-state index in [1.807, 2.05) is 0 Å². The number of pyridine rings is 1. The van der Waals surface area contributed by atoms with E-state index >= 15 is 0 Å². The van der Waals surface area contributed by atoms with Crippen molar-refractivity contribution >= 4 is 44.6 Å². The monoisotopic (exact) mass is 331 g/mol. The van der Waals surface area contributed by atoms with Crippen molar-refractivity contribution in [3.63, 3.8) is 0 Å². The number of nitrogens with two attached hydrogens (primary N) is 1. The third-order valence-corrected chi connectivity index (χ3v) is 4.36. The Hall–Kier alpha value is -1.50. The fourth-order valence-corrected chi connectivity index (χ4v) is 3.42. The Kier molecular flexibility index (Phi) is 4.08. The summed E-state index contributed by atoms with van der Waals surface area (Å²) in [5, 5.41) is 0.182. The van der Waals surface area contributed by atoms with Gasteiger partial charge >= 0.3 is 0 Å². The topological polar surface area (TPSA) is 85.1 Å². The maximum Gasteiger partial charge on any atom is 0.262 e. The molecule has 0 radical (unpaired) electrons.